The van der Waals surface area contributed by atoms with Crippen molar-refractivity contribution in [2.75, 3.05) is 7.11 Å². The number of benzene rings is 1. The van der Waals surface area contributed by atoms with Crippen molar-refractivity contribution in [2.45, 2.75) is 6.92 Å². The Labute approximate surface area is 91.7 Å². The Hall–Kier alpha value is -1.09. The molecule has 0 saturated heterocycles. The highest BCUT2D eigenvalue weighted by Gasteiger charge is 2.09. The zero-order valence-electron chi connectivity index (χ0n) is 8.08. The lowest BCUT2D eigenvalue weighted by Gasteiger charge is -2.04. The molecular weight excluding hydrogens is 244 g/mol. The van der Waals surface area contributed by atoms with Crippen molar-refractivity contribution in [3.63, 3.8) is 0 Å². The molecular formula is C11H11BrO2. The molecule has 0 atom stereocenters. The Bertz CT molecular complexity index is 355. The number of esters is 1. The predicted molar refractivity (Wildman–Crippen MR) is 60.0 cm³/mol. The van der Waals surface area contributed by atoms with E-state index >= 15 is 0 Å². The third-order valence-electron chi connectivity index (χ3n) is 1.85. The number of hydrogen-bond acceptors (Lipinski definition) is 2. The molecule has 0 aliphatic rings. The quantitative estimate of drug-likeness (QED) is 0.599. The lowest BCUT2D eigenvalue weighted by molar-refractivity contribution is -0.135. The summed E-state index contributed by atoms with van der Waals surface area (Å²) in [6, 6.07) is 9.62. The Morgan fingerprint density at radius 1 is 1.29 bits per heavy atom. The smallest absolute Gasteiger partial charge is 0.334 e. The normalized spacial score (nSPS) is 11.9. The molecule has 1 aromatic carbocycles. The van der Waals surface area contributed by atoms with Gasteiger partial charge in [-0.15, -0.1) is 0 Å². The van der Waals surface area contributed by atoms with Crippen molar-refractivity contribution in [1.29, 1.82) is 0 Å². The summed E-state index contributed by atoms with van der Waals surface area (Å²) >= 11 is 3.37. The van der Waals surface area contributed by atoms with Crippen molar-refractivity contribution in [3.05, 3.63) is 41.5 Å². The van der Waals surface area contributed by atoms with E-state index in [1.54, 1.807) is 6.92 Å². The molecule has 0 N–H and O–H groups in total. The average Bonchev–Trinajstić information content (AvgIpc) is 2.27. The SMILES string of the molecule is COC(=O)/C(C)=C(\Br)c1ccccc1. The van der Waals surface area contributed by atoms with E-state index in [9.17, 15) is 4.79 Å². The van der Waals surface area contributed by atoms with Gasteiger partial charge in [0.2, 0.25) is 0 Å². The van der Waals surface area contributed by atoms with E-state index in [0.29, 0.717) is 5.57 Å². The first-order valence-electron chi connectivity index (χ1n) is 4.17. The second kappa shape index (κ2) is 4.96. The monoisotopic (exact) mass is 254 g/mol. The van der Waals surface area contributed by atoms with Crippen LogP contribution in [0.1, 0.15) is 12.5 Å². The van der Waals surface area contributed by atoms with E-state index < -0.39 is 0 Å². The summed E-state index contributed by atoms with van der Waals surface area (Å²) < 4.78 is 5.40. The minimum atomic E-state index is -0.319. The summed E-state index contributed by atoms with van der Waals surface area (Å²) in [5.41, 5.74) is 1.54. The summed E-state index contributed by atoms with van der Waals surface area (Å²) in [4.78, 5) is 11.2. The second-order valence-corrected chi connectivity index (χ2v) is 3.59. The third-order valence-corrected chi connectivity index (χ3v) is 2.90. The minimum Gasteiger partial charge on any atom is -0.466 e. The topological polar surface area (TPSA) is 26.3 Å². The molecule has 3 heteroatoms. The van der Waals surface area contributed by atoms with E-state index in [2.05, 4.69) is 20.7 Å². The second-order valence-electron chi connectivity index (χ2n) is 2.80. The summed E-state index contributed by atoms with van der Waals surface area (Å²) in [6.07, 6.45) is 0. The van der Waals surface area contributed by atoms with Crippen molar-refractivity contribution in [2.24, 2.45) is 0 Å². The van der Waals surface area contributed by atoms with Gasteiger partial charge in [0.15, 0.2) is 0 Å². The molecule has 74 valence electrons. The first-order valence-corrected chi connectivity index (χ1v) is 4.96. The molecule has 0 radical (unpaired) electrons. The fourth-order valence-corrected chi connectivity index (χ4v) is 1.47. The highest BCUT2D eigenvalue weighted by atomic mass is 79.9. The van der Waals surface area contributed by atoms with Gasteiger partial charge in [-0.25, -0.2) is 4.79 Å². The molecule has 0 aliphatic heterocycles. The van der Waals surface area contributed by atoms with E-state index in [1.807, 2.05) is 30.3 Å². The van der Waals surface area contributed by atoms with Gasteiger partial charge in [-0.1, -0.05) is 30.3 Å². The lowest BCUT2D eigenvalue weighted by atomic mass is 10.1. The standard InChI is InChI=1S/C11H11BrO2/c1-8(11(13)14-2)10(12)9-6-4-3-5-7-9/h3-7H,1-2H3/b10-8-. The van der Waals surface area contributed by atoms with Gasteiger partial charge in [0.1, 0.15) is 0 Å². The average molecular weight is 255 g/mol. The lowest BCUT2D eigenvalue weighted by Crippen LogP contribution is -2.02. The van der Waals surface area contributed by atoms with Crippen LogP contribution in [0, 0.1) is 0 Å². The molecule has 0 saturated carbocycles. The highest BCUT2D eigenvalue weighted by molar-refractivity contribution is 9.15. The molecule has 14 heavy (non-hydrogen) atoms. The first-order chi connectivity index (χ1) is 6.66. The van der Waals surface area contributed by atoms with Crippen molar-refractivity contribution < 1.29 is 9.53 Å². The molecule has 0 bridgehead atoms. The number of hydrogen-bond donors (Lipinski definition) is 0. The molecule has 2 nitrogen and oxygen atoms in total. The molecule has 0 fully saturated rings. The van der Waals surface area contributed by atoms with Gasteiger partial charge in [0.05, 0.1) is 7.11 Å². The highest BCUT2D eigenvalue weighted by Crippen LogP contribution is 2.25. The van der Waals surface area contributed by atoms with Crippen LogP contribution < -0.4 is 0 Å². The van der Waals surface area contributed by atoms with Crippen LogP contribution in [0.4, 0.5) is 0 Å². The van der Waals surface area contributed by atoms with Crippen LogP contribution in [0.5, 0.6) is 0 Å². The summed E-state index contributed by atoms with van der Waals surface area (Å²) in [7, 11) is 1.37. The van der Waals surface area contributed by atoms with Gasteiger partial charge in [0.25, 0.3) is 0 Å². The van der Waals surface area contributed by atoms with E-state index in [4.69, 9.17) is 0 Å². The Morgan fingerprint density at radius 3 is 2.36 bits per heavy atom. The zero-order valence-corrected chi connectivity index (χ0v) is 9.67. The maximum Gasteiger partial charge on any atom is 0.334 e. The Morgan fingerprint density at radius 2 is 1.86 bits per heavy atom. The fraction of sp³-hybridized carbons (Fsp3) is 0.182. The van der Waals surface area contributed by atoms with Crippen molar-refractivity contribution >= 4 is 26.4 Å². The van der Waals surface area contributed by atoms with Crippen molar-refractivity contribution in [3.8, 4) is 0 Å². The van der Waals surface area contributed by atoms with Crippen LogP contribution in [0.3, 0.4) is 0 Å². The number of methoxy groups -OCH3 is 1. The van der Waals surface area contributed by atoms with E-state index in [-0.39, 0.29) is 5.97 Å². The molecule has 1 aromatic rings. The largest absolute Gasteiger partial charge is 0.466 e. The fourth-order valence-electron chi connectivity index (χ4n) is 1.04. The van der Waals surface area contributed by atoms with Crippen LogP contribution >= 0.6 is 15.9 Å². The van der Waals surface area contributed by atoms with Crippen LogP contribution in [-0.2, 0) is 9.53 Å². The van der Waals surface area contributed by atoms with Crippen LogP contribution in [0.2, 0.25) is 0 Å². The van der Waals surface area contributed by atoms with Crippen molar-refractivity contribution in [1.82, 2.24) is 0 Å². The maximum atomic E-state index is 11.2. The van der Waals surface area contributed by atoms with Gasteiger partial charge in [-0.3, -0.25) is 0 Å². The number of ether oxygens (including phenoxy) is 1. The third kappa shape index (κ3) is 2.45. The minimum absolute atomic E-state index is 0.319. The maximum absolute atomic E-state index is 11.2. The summed E-state index contributed by atoms with van der Waals surface area (Å²) in [6.45, 7) is 1.73. The van der Waals surface area contributed by atoms with Gasteiger partial charge in [-0.2, -0.15) is 0 Å². The van der Waals surface area contributed by atoms with E-state index in [0.717, 1.165) is 10.0 Å². The van der Waals surface area contributed by atoms with Gasteiger partial charge >= 0.3 is 5.97 Å². The molecule has 1 rings (SSSR count). The van der Waals surface area contributed by atoms with Gasteiger partial charge in [0, 0.05) is 10.1 Å². The van der Waals surface area contributed by atoms with E-state index in [1.165, 1.54) is 7.11 Å². The van der Waals surface area contributed by atoms with Crippen LogP contribution in [-0.4, -0.2) is 13.1 Å². The molecule has 0 spiro atoms. The number of carbonyl (C=O) groups excluding carboxylic acids is 1. The van der Waals surface area contributed by atoms with Crippen LogP contribution in [0.15, 0.2) is 35.9 Å². The molecule has 0 aromatic heterocycles. The Kier molecular flexibility index (Phi) is 3.89. The predicted octanol–water partition coefficient (Wildman–Crippen LogP) is 2.99. The summed E-state index contributed by atoms with van der Waals surface area (Å²) in [5, 5.41) is 0. The Balaban J connectivity index is 3.05. The first kappa shape index (κ1) is 11.0. The number of rotatable bonds is 2. The molecule has 0 unspecified atom stereocenters. The molecule has 0 amide bonds. The van der Waals surface area contributed by atoms with Gasteiger partial charge < -0.3 is 4.74 Å². The number of halogens is 1. The summed E-state index contributed by atoms with van der Waals surface area (Å²) in [5.74, 6) is -0.319. The van der Waals surface area contributed by atoms with Gasteiger partial charge in [-0.05, 0) is 28.4 Å². The zero-order chi connectivity index (χ0) is 10.6. The number of carbonyl (C=O) groups is 1. The van der Waals surface area contributed by atoms with Crippen LogP contribution in [0.25, 0.3) is 4.48 Å². The molecule has 0 aliphatic carbocycles. The molecule has 0 heterocycles.